The summed E-state index contributed by atoms with van der Waals surface area (Å²) in [5.41, 5.74) is 0. The Kier molecular flexibility index (Phi) is 12.6. The number of carbonyl (C=O) groups excluding carboxylic acids is 1. The quantitative estimate of drug-likeness (QED) is 0.407. The number of unbranched alkanes of at least 4 members (excludes halogenated alkanes) is 7. The summed E-state index contributed by atoms with van der Waals surface area (Å²) in [7, 11) is 0. The molecule has 19 heavy (non-hydrogen) atoms. The topological polar surface area (TPSA) is 63.6 Å². The van der Waals surface area contributed by atoms with Crippen molar-refractivity contribution in [3.63, 3.8) is 0 Å². The number of ether oxygens (including phenoxy) is 1. The average Bonchev–Trinajstić information content (AvgIpc) is 2.38. The first kappa shape index (κ1) is 17.9. The smallest absolute Gasteiger partial charge is 0.305 e. The Morgan fingerprint density at radius 3 is 1.79 bits per heavy atom. The van der Waals surface area contributed by atoms with Gasteiger partial charge in [0.2, 0.25) is 0 Å². The Hall–Kier alpha value is -1.06. The van der Waals surface area contributed by atoms with E-state index in [0.29, 0.717) is 19.4 Å². The Bertz CT molecular complexity index is 238. The zero-order valence-electron chi connectivity index (χ0n) is 12.2. The molecule has 1 N–H and O–H groups in total. The van der Waals surface area contributed by atoms with Crippen molar-refractivity contribution in [2.45, 2.75) is 77.6 Å². The van der Waals surface area contributed by atoms with Crippen LogP contribution in [0.15, 0.2) is 0 Å². The Morgan fingerprint density at radius 2 is 1.32 bits per heavy atom. The monoisotopic (exact) mass is 272 g/mol. The maximum Gasteiger partial charge on any atom is 0.305 e. The second kappa shape index (κ2) is 13.4. The number of carbonyl (C=O) groups is 2. The van der Waals surface area contributed by atoms with E-state index in [9.17, 15) is 9.59 Å². The van der Waals surface area contributed by atoms with Crippen molar-refractivity contribution in [3.05, 3.63) is 0 Å². The molecule has 0 spiro atoms. The number of carboxylic acids is 1. The molecule has 0 saturated carbocycles. The molecule has 0 aliphatic rings. The molecule has 112 valence electrons. The highest BCUT2D eigenvalue weighted by atomic mass is 16.5. The number of hydrogen-bond acceptors (Lipinski definition) is 3. The highest BCUT2D eigenvalue weighted by Gasteiger charge is 2.01. The first-order chi connectivity index (χ1) is 9.16. The molecule has 4 heteroatoms. The van der Waals surface area contributed by atoms with E-state index in [-0.39, 0.29) is 5.97 Å². The van der Waals surface area contributed by atoms with E-state index in [2.05, 4.69) is 0 Å². The van der Waals surface area contributed by atoms with E-state index in [0.717, 1.165) is 44.9 Å². The summed E-state index contributed by atoms with van der Waals surface area (Å²) in [5, 5.41) is 8.47. The van der Waals surface area contributed by atoms with Crippen molar-refractivity contribution in [2.75, 3.05) is 6.61 Å². The summed E-state index contributed by atoms with van der Waals surface area (Å²) in [6, 6.07) is 0. The fourth-order valence-electron chi connectivity index (χ4n) is 1.89. The van der Waals surface area contributed by atoms with Gasteiger partial charge in [0, 0.05) is 12.8 Å². The van der Waals surface area contributed by atoms with Gasteiger partial charge in [0.1, 0.15) is 0 Å². The summed E-state index contributed by atoms with van der Waals surface area (Å²) >= 11 is 0. The molecule has 0 aromatic heterocycles. The lowest BCUT2D eigenvalue weighted by molar-refractivity contribution is -0.143. The van der Waals surface area contributed by atoms with Crippen LogP contribution in [0.5, 0.6) is 0 Å². The second-order valence-electron chi connectivity index (χ2n) is 4.94. The van der Waals surface area contributed by atoms with Crippen molar-refractivity contribution in [1.82, 2.24) is 0 Å². The van der Waals surface area contributed by atoms with Gasteiger partial charge in [-0.05, 0) is 19.3 Å². The van der Waals surface area contributed by atoms with Gasteiger partial charge in [0.05, 0.1) is 6.61 Å². The van der Waals surface area contributed by atoms with Gasteiger partial charge in [-0.15, -0.1) is 0 Å². The third-order valence-corrected chi connectivity index (χ3v) is 2.99. The lowest BCUT2D eigenvalue weighted by atomic mass is 10.1. The van der Waals surface area contributed by atoms with Crippen molar-refractivity contribution >= 4 is 11.9 Å². The van der Waals surface area contributed by atoms with E-state index >= 15 is 0 Å². The third kappa shape index (κ3) is 14.9. The number of esters is 1. The SMILES string of the molecule is CCCOC(=O)CCCCCCCCCCC(=O)O. The van der Waals surface area contributed by atoms with E-state index in [4.69, 9.17) is 9.84 Å². The standard InChI is InChI=1S/C15H28O4/c1-2-13-19-15(18)12-10-8-6-4-3-5-7-9-11-14(16)17/h2-13H2,1H3,(H,16,17). The van der Waals surface area contributed by atoms with E-state index in [1.807, 2.05) is 6.92 Å². The lowest BCUT2D eigenvalue weighted by Gasteiger charge is -2.03. The second-order valence-corrected chi connectivity index (χ2v) is 4.94. The third-order valence-electron chi connectivity index (χ3n) is 2.99. The molecule has 0 aliphatic heterocycles. The highest BCUT2D eigenvalue weighted by Crippen LogP contribution is 2.10. The summed E-state index contributed by atoms with van der Waals surface area (Å²) in [4.78, 5) is 21.5. The molecule has 0 aliphatic carbocycles. The fraction of sp³-hybridized carbons (Fsp3) is 0.867. The van der Waals surface area contributed by atoms with Crippen LogP contribution >= 0.6 is 0 Å². The van der Waals surface area contributed by atoms with Crippen LogP contribution in [-0.4, -0.2) is 23.7 Å². The maximum atomic E-state index is 11.2. The largest absolute Gasteiger partial charge is 0.481 e. The number of carboxylic acid groups (broad SMARTS) is 1. The van der Waals surface area contributed by atoms with Crippen LogP contribution in [-0.2, 0) is 14.3 Å². The average molecular weight is 272 g/mol. The molecule has 0 aromatic carbocycles. The van der Waals surface area contributed by atoms with Crippen LogP contribution in [0, 0.1) is 0 Å². The van der Waals surface area contributed by atoms with Gasteiger partial charge in [-0.25, -0.2) is 0 Å². The molecule has 0 heterocycles. The molecule has 0 unspecified atom stereocenters. The maximum absolute atomic E-state index is 11.2. The van der Waals surface area contributed by atoms with E-state index < -0.39 is 5.97 Å². The molecule has 0 bridgehead atoms. The molecule has 0 aromatic rings. The molecule has 0 atom stereocenters. The number of aliphatic carboxylic acids is 1. The van der Waals surface area contributed by atoms with Crippen molar-refractivity contribution in [1.29, 1.82) is 0 Å². The van der Waals surface area contributed by atoms with Crippen LogP contribution in [0.2, 0.25) is 0 Å². The van der Waals surface area contributed by atoms with Gasteiger partial charge in [-0.2, -0.15) is 0 Å². The predicted molar refractivity (Wildman–Crippen MR) is 75.1 cm³/mol. The molecular formula is C15H28O4. The van der Waals surface area contributed by atoms with E-state index in [1.165, 1.54) is 12.8 Å². The Morgan fingerprint density at radius 1 is 0.842 bits per heavy atom. The number of hydrogen-bond donors (Lipinski definition) is 1. The van der Waals surface area contributed by atoms with Crippen molar-refractivity contribution in [3.8, 4) is 0 Å². The number of rotatable bonds is 13. The fourth-order valence-corrected chi connectivity index (χ4v) is 1.89. The van der Waals surface area contributed by atoms with Crippen LogP contribution in [0.3, 0.4) is 0 Å². The van der Waals surface area contributed by atoms with Crippen LogP contribution in [0.1, 0.15) is 77.6 Å². The summed E-state index contributed by atoms with van der Waals surface area (Å²) in [5.74, 6) is -0.773. The predicted octanol–water partition coefficient (Wildman–Crippen LogP) is 3.93. The van der Waals surface area contributed by atoms with Gasteiger partial charge >= 0.3 is 11.9 Å². The van der Waals surface area contributed by atoms with Crippen LogP contribution in [0.4, 0.5) is 0 Å². The Balaban J connectivity index is 3.10. The molecule has 0 rings (SSSR count). The zero-order valence-corrected chi connectivity index (χ0v) is 12.2. The normalized spacial score (nSPS) is 10.4. The zero-order chi connectivity index (χ0) is 14.3. The molecular weight excluding hydrogens is 244 g/mol. The molecule has 4 nitrogen and oxygen atoms in total. The summed E-state index contributed by atoms with van der Waals surface area (Å²) < 4.78 is 5.00. The summed E-state index contributed by atoms with van der Waals surface area (Å²) in [6.07, 6.45) is 10.1. The molecule has 0 radical (unpaired) electrons. The van der Waals surface area contributed by atoms with Crippen molar-refractivity contribution in [2.24, 2.45) is 0 Å². The first-order valence-corrected chi connectivity index (χ1v) is 7.54. The van der Waals surface area contributed by atoms with Gasteiger partial charge in [-0.1, -0.05) is 45.4 Å². The molecule has 0 amide bonds. The molecule has 0 fully saturated rings. The highest BCUT2D eigenvalue weighted by molar-refractivity contribution is 5.69. The molecule has 0 saturated heterocycles. The minimum Gasteiger partial charge on any atom is -0.481 e. The first-order valence-electron chi connectivity index (χ1n) is 7.54. The summed E-state index contributed by atoms with van der Waals surface area (Å²) in [6.45, 7) is 2.53. The van der Waals surface area contributed by atoms with Crippen LogP contribution in [0.25, 0.3) is 0 Å². The van der Waals surface area contributed by atoms with Gasteiger partial charge in [0.15, 0.2) is 0 Å². The lowest BCUT2D eigenvalue weighted by Crippen LogP contribution is -2.04. The van der Waals surface area contributed by atoms with Gasteiger partial charge in [0.25, 0.3) is 0 Å². The van der Waals surface area contributed by atoms with Crippen molar-refractivity contribution < 1.29 is 19.4 Å². The minimum absolute atomic E-state index is 0.0736. The van der Waals surface area contributed by atoms with Gasteiger partial charge in [-0.3, -0.25) is 9.59 Å². The minimum atomic E-state index is -0.699. The van der Waals surface area contributed by atoms with E-state index in [1.54, 1.807) is 0 Å². The van der Waals surface area contributed by atoms with Gasteiger partial charge < -0.3 is 9.84 Å². The van der Waals surface area contributed by atoms with Crippen LogP contribution < -0.4 is 0 Å². The Labute approximate surface area is 116 Å².